The van der Waals surface area contributed by atoms with E-state index in [1.807, 2.05) is 0 Å². The topological polar surface area (TPSA) is 72.2 Å². The summed E-state index contributed by atoms with van der Waals surface area (Å²) in [6.07, 6.45) is -4.24. The Hall–Kier alpha value is -0.640. The van der Waals surface area contributed by atoms with Crippen molar-refractivity contribution in [3.8, 4) is 0 Å². The summed E-state index contributed by atoms with van der Waals surface area (Å²) in [6.45, 7) is 1.77. The minimum atomic E-state index is -4.63. The van der Waals surface area contributed by atoms with Gasteiger partial charge in [-0.3, -0.25) is 0 Å². The van der Waals surface area contributed by atoms with Gasteiger partial charge >= 0.3 is 6.18 Å². The Morgan fingerprint density at radius 2 is 2.00 bits per heavy atom. The fourth-order valence-electron chi connectivity index (χ4n) is 1.39. The normalized spacial score (nSPS) is 14.3. The summed E-state index contributed by atoms with van der Waals surface area (Å²) < 4.78 is 63.9. The molecule has 1 atom stereocenters. The molecular weight excluding hydrogens is 361 g/mol. The molecule has 1 unspecified atom stereocenters. The first-order valence-electron chi connectivity index (χ1n) is 5.66. The molecule has 1 aromatic carbocycles. The molecule has 0 spiro atoms. The van der Waals surface area contributed by atoms with Crippen LogP contribution in [0.25, 0.3) is 0 Å². The third-order valence-corrected chi connectivity index (χ3v) is 4.60. The average molecular weight is 375 g/mol. The number of sulfonamides is 1. The van der Waals surface area contributed by atoms with Crippen LogP contribution >= 0.6 is 15.9 Å². The lowest BCUT2D eigenvalue weighted by Gasteiger charge is -2.12. The number of alkyl halides is 3. The van der Waals surface area contributed by atoms with E-state index in [0.717, 1.165) is 12.1 Å². The van der Waals surface area contributed by atoms with Crippen LogP contribution in [0.1, 0.15) is 18.9 Å². The molecule has 0 aliphatic heterocycles. The molecule has 0 saturated heterocycles. The van der Waals surface area contributed by atoms with Crippen LogP contribution in [0, 0.1) is 0 Å². The van der Waals surface area contributed by atoms with Gasteiger partial charge in [-0.25, -0.2) is 13.1 Å². The van der Waals surface area contributed by atoms with Gasteiger partial charge < -0.3 is 5.73 Å². The Labute approximate surface area is 123 Å². The molecule has 4 nitrogen and oxygen atoms in total. The van der Waals surface area contributed by atoms with Crippen LogP contribution in [0.3, 0.4) is 0 Å². The molecule has 1 rings (SSSR count). The predicted octanol–water partition coefficient (Wildman–Crippen LogP) is 2.48. The largest absolute Gasteiger partial charge is 0.417 e. The summed E-state index contributed by atoms with van der Waals surface area (Å²) in [5.74, 6) is 0. The lowest BCUT2D eigenvalue weighted by Crippen LogP contribution is -2.29. The predicted molar refractivity (Wildman–Crippen MR) is 72.6 cm³/mol. The first-order valence-corrected chi connectivity index (χ1v) is 7.93. The second kappa shape index (κ2) is 6.42. The average Bonchev–Trinajstić information content (AvgIpc) is 2.26. The monoisotopic (exact) mass is 374 g/mol. The van der Waals surface area contributed by atoms with Gasteiger partial charge in [0.1, 0.15) is 0 Å². The number of benzene rings is 1. The van der Waals surface area contributed by atoms with E-state index in [9.17, 15) is 21.6 Å². The Kier molecular flexibility index (Phi) is 5.59. The standard InChI is InChI=1S/C11H14BrF3N2O2S/c1-7(16)4-5-17-20(18,19)8-2-3-10(12)9(6-8)11(13,14)15/h2-3,6-7,17H,4-5,16H2,1H3. The van der Waals surface area contributed by atoms with Crippen LogP contribution in [-0.4, -0.2) is 21.0 Å². The Balaban J connectivity index is 3.02. The number of hydrogen-bond donors (Lipinski definition) is 2. The second-order valence-corrected chi connectivity index (χ2v) is 6.92. The van der Waals surface area contributed by atoms with Crippen LogP contribution in [0.4, 0.5) is 13.2 Å². The highest BCUT2D eigenvalue weighted by Crippen LogP contribution is 2.36. The molecule has 1 aromatic rings. The molecule has 0 heterocycles. The van der Waals surface area contributed by atoms with Gasteiger partial charge in [-0.1, -0.05) is 15.9 Å². The molecule has 114 valence electrons. The van der Waals surface area contributed by atoms with Crippen LogP contribution in [0.2, 0.25) is 0 Å². The molecule has 9 heteroatoms. The lowest BCUT2D eigenvalue weighted by atomic mass is 10.2. The number of nitrogens with two attached hydrogens (primary N) is 1. The zero-order valence-corrected chi connectivity index (χ0v) is 12.9. The minimum absolute atomic E-state index is 0.0669. The Morgan fingerprint density at radius 1 is 1.40 bits per heavy atom. The van der Waals surface area contributed by atoms with Gasteiger partial charge in [0, 0.05) is 17.1 Å². The van der Waals surface area contributed by atoms with E-state index < -0.39 is 26.7 Å². The van der Waals surface area contributed by atoms with Gasteiger partial charge in [0.05, 0.1) is 10.5 Å². The van der Waals surface area contributed by atoms with Gasteiger partial charge in [0.15, 0.2) is 0 Å². The highest BCUT2D eigenvalue weighted by molar-refractivity contribution is 9.10. The molecule has 20 heavy (non-hydrogen) atoms. The first-order chi connectivity index (χ1) is 9.04. The van der Waals surface area contributed by atoms with E-state index in [1.165, 1.54) is 0 Å². The maximum atomic E-state index is 12.7. The van der Waals surface area contributed by atoms with Gasteiger partial charge in [0.2, 0.25) is 10.0 Å². The molecule has 0 aliphatic rings. The van der Waals surface area contributed by atoms with Crippen molar-refractivity contribution < 1.29 is 21.6 Å². The first kappa shape index (κ1) is 17.4. The molecule has 0 amide bonds. The smallest absolute Gasteiger partial charge is 0.328 e. The number of hydrogen-bond acceptors (Lipinski definition) is 3. The van der Waals surface area contributed by atoms with Gasteiger partial charge in [0.25, 0.3) is 0 Å². The van der Waals surface area contributed by atoms with Crippen molar-refractivity contribution in [2.24, 2.45) is 5.73 Å². The van der Waals surface area contributed by atoms with Gasteiger partial charge in [-0.05, 0) is 31.5 Å². The maximum Gasteiger partial charge on any atom is 0.417 e. The summed E-state index contributed by atoms with van der Waals surface area (Å²) in [5.41, 5.74) is 4.44. The fourth-order valence-corrected chi connectivity index (χ4v) is 2.94. The quantitative estimate of drug-likeness (QED) is 0.831. The number of halogens is 4. The van der Waals surface area contributed by atoms with Crippen LogP contribution in [-0.2, 0) is 16.2 Å². The summed E-state index contributed by atoms with van der Waals surface area (Å²) in [5, 5.41) is 0. The molecular formula is C11H14BrF3N2O2S. The van der Waals surface area contributed by atoms with E-state index >= 15 is 0 Å². The third-order valence-electron chi connectivity index (χ3n) is 2.45. The van der Waals surface area contributed by atoms with E-state index in [0.29, 0.717) is 12.5 Å². The molecule has 0 radical (unpaired) electrons. The second-order valence-electron chi connectivity index (χ2n) is 4.30. The highest BCUT2D eigenvalue weighted by Gasteiger charge is 2.34. The fraction of sp³-hybridized carbons (Fsp3) is 0.455. The van der Waals surface area contributed by atoms with Crippen molar-refractivity contribution in [1.82, 2.24) is 4.72 Å². The van der Waals surface area contributed by atoms with Crippen molar-refractivity contribution in [2.75, 3.05) is 6.54 Å². The SMILES string of the molecule is CC(N)CCNS(=O)(=O)c1ccc(Br)c(C(F)(F)F)c1. The Morgan fingerprint density at radius 3 is 2.50 bits per heavy atom. The highest BCUT2D eigenvalue weighted by atomic mass is 79.9. The van der Waals surface area contributed by atoms with Gasteiger partial charge in [-0.15, -0.1) is 0 Å². The van der Waals surface area contributed by atoms with E-state index in [2.05, 4.69) is 20.7 Å². The molecule has 0 aliphatic carbocycles. The maximum absolute atomic E-state index is 12.7. The Bertz CT molecular complexity index is 574. The molecule has 0 bridgehead atoms. The molecule has 0 saturated carbocycles. The zero-order valence-electron chi connectivity index (χ0n) is 10.5. The van der Waals surface area contributed by atoms with Crippen molar-refractivity contribution in [3.05, 3.63) is 28.2 Å². The summed E-state index contributed by atoms with van der Waals surface area (Å²) in [7, 11) is -3.98. The van der Waals surface area contributed by atoms with Crippen molar-refractivity contribution >= 4 is 26.0 Å². The number of rotatable bonds is 5. The zero-order chi connectivity index (χ0) is 15.6. The summed E-state index contributed by atoms with van der Waals surface area (Å²) in [6, 6.07) is 2.56. The van der Waals surface area contributed by atoms with Crippen LogP contribution in [0.15, 0.2) is 27.6 Å². The third kappa shape index (κ3) is 4.72. The number of nitrogens with one attached hydrogen (secondary N) is 1. The van der Waals surface area contributed by atoms with E-state index in [4.69, 9.17) is 5.73 Å². The van der Waals surface area contributed by atoms with Crippen molar-refractivity contribution in [1.29, 1.82) is 0 Å². The lowest BCUT2D eigenvalue weighted by molar-refractivity contribution is -0.138. The summed E-state index contributed by atoms with van der Waals surface area (Å²) in [4.78, 5) is -0.433. The van der Waals surface area contributed by atoms with Crippen molar-refractivity contribution in [2.45, 2.75) is 30.5 Å². The summed E-state index contributed by atoms with van der Waals surface area (Å²) >= 11 is 2.75. The van der Waals surface area contributed by atoms with Crippen LogP contribution < -0.4 is 10.5 Å². The van der Waals surface area contributed by atoms with Crippen LogP contribution in [0.5, 0.6) is 0 Å². The molecule has 0 aromatic heterocycles. The minimum Gasteiger partial charge on any atom is -0.328 e. The molecule has 0 fully saturated rings. The van der Waals surface area contributed by atoms with E-state index in [1.54, 1.807) is 6.92 Å². The van der Waals surface area contributed by atoms with Gasteiger partial charge in [-0.2, -0.15) is 13.2 Å². The van der Waals surface area contributed by atoms with Crippen molar-refractivity contribution in [3.63, 3.8) is 0 Å². The van der Waals surface area contributed by atoms with E-state index in [-0.39, 0.29) is 17.1 Å². The molecule has 3 N–H and O–H groups in total.